The molecule has 0 radical (unpaired) electrons. The van der Waals surface area contributed by atoms with E-state index in [1.165, 1.54) is 29.9 Å². The first-order valence-corrected chi connectivity index (χ1v) is 11.1. The van der Waals surface area contributed by atoms with Gasteiger partial charge in [-0.2, -0.15) is 18.3 Å². The van der Waals surface area contributed by atoms with Crippen molar-refractivity contribution in [3.63, 3.8) is 0 Å². The van der Waals surface area contributed by atoms with Crippen LogP contribution in [0.25, 0.3) is 0 Å². The number of amides is 3. The lowest BCUT2D eigenvalue weighted by Gasteiger charge is -2.26. The summed E-state index contributed by atoms with van der Waals surface area (Å²) in [5, 5.41) is 8.87. The van der Waals surface area contributed by atoms with Crippen LogP contribution in [0.4, 0.5) is 28.9 Å². The van der Waals surface area contributed by atoms with Crippen molar-refractivity contribution in [1.29, 1.82) is 0 Å². The Morgan fingerprint density at radius 3 is 2.31 bits per heavy atom. The van der Waals surface area contributed by atoms with Crippen LogP contribution in [0.5, 0.6) is 0 Å². The highest BCUT2D eigenvalue weighted by atomic mass is 19.4. The fraction of sp³-hybridized carbons (Fsp3) is 0.478. The number of nitrogens with one attached hydrogen (secondary N) is 2. The summed E-state index contributed by atoms with van der Waals surface area (Å²) in [4.78, 5) is 39.4. The molecule has 0 saturated heterocycles. The van der Waals surface area contributed by atoms with Gasteiger partial charge >= 0.3 is 6.18 Å². The SMILES string of the molecule is CC(C(=O)N(C)CC(F)(F)F)c1cc(F)c(NC(=O)CNC(=O)c2ccnn2C(C)C)cc1N(C)C. The molecule has 0 spiro atoms. The molecule has 1 unspecified atom stereocenters. The fourth-order valence-corrected chi connectivity index (χ4v) is 3.57. The van der Waals surface area contributed by atoms with Crippen LogP contribution in [0.15, 0.2) is 24.4 Å². The van der Waals surface area contributed by atoms with Crippen LogP contribution in [0, 0.1) is 5.82 Å². The Labute approximate surface area is 206 Å². The number of aromatic nitrogens is 2. The lowest BCUT2D eigenvalue weighted by Crippen LogP contribution is -2.38. The van der Waals surface area contributed by atoms with Gasteiger partial charge in [0.25, 0.3) is 5.91 Å². The molecule has 198 valence electrons. The summed E-state index contributed by atoms with van der Waals surface area (Å²) in [7, 11) is 4.24. The van der Waals surface area contributed by atoms with Gasteiger partial charge in [0, 0.05) is 39.1 Å². The molecule has 3 amide bonds. The number of anilines is 2. The second kappa shape index (κ2) is 11.4. The van der Waals surface area contributed by atoms with E-state index in [1.54, 1.807) is 19.0 Å². The molecule has 0 bridgehead atoms. The first kappa shape index (κ1) is 28.6. The third-order valence-corrected chi connectivity index (χ3v) is 5.30. The maximum absolute atomic E-state index is 14.9. The topological polar surface area (TPSA) is 99.6 Å². The quantitative estimate of drug-likeness (QED) is 0.501. The Bertz CT molecular complexity index is 1110. The van der Waals surface area contributed by atoms with Crippen LogP contribution in [0.2, 0.25) is 0 Å². The van der Waals surface area contributed by atoms with Crippen molar-refractivity contribution in [1.82, 2.24) is 20.0 Å². The first-order chi connectivity index (χ1) is 16.6. The number of carbonyl (C=O) groups excluding carboxylic acids is 3. The van der Waals surface area contributed by atoms with Gasteiger partial charge in [-0.15, -0.1) is 0 Å². The summed E-state index contributed by atoms with van der Waals surface area (Å²) in [6.07, 6.45) is -3.11. The number of hydrogen-bond donors (Lipinski definition) is 2. The van der Waals surface area contributed by atoms with Crippen molar-refractivity contribution in [3.05, 3.63) is 41.5 Å². The van der Waals surface area contributed by atoms with Gasteiger partial charge in [0.15, 0.2) is 0 Å². The minimum Gasteiger partial charge on any atom is -0.377 e. The average Bonchev–Trinajstić information content (AvgIpc) is 3.26. The Hall–Kier alpha value is -3.64. The molecule has 1 atom stereocenters. The van der Waals surface area contributed by atoms with Crippen molar-refractivity contribution in [2.45, 2.75) is 38.9 Å². The minimum atomic E-state index is -4.57. The molecule has 1 aromatic heterocycles. The second-order valence-electron chi connectivity index (χ2n) is 8.80. The van der Waals surface area contributed by atoms with Gasteiger partial charge in [-0.05, 0) is 44.5 Å². The van der Waals surface area contributed by atoms with Crippen molar-refractivity contribution in [2.75, 3.05) is 44.4 Å². The molecule has 9 nitrogen and oxygen atoms in total. The highest BCUT2D eigenvalue weighted by Gasteiger charge is 2.33. The van der Waals surface area contributed by atoms with Crippen molar-refractivity contribution >= 4 is 29.1 Å². The van der Waals surface area contributed by atoms with E-state index in [-0.39, 0.29) is 23.0 Å². The number of benzene rings is 1. The van der Waals surface area contributed by atoms with Gasteiger partial charge in [-0.1, -0.05) is 0 Å². The van der Waals surface area contributed by atoms with Gasteiger partial charge in [-0.3, -0.25) is 19.1 Å². The zero-order valence-corrected chi connectivity index (χ0v) is 20.9. The monoisotopic (exact) mass is 514 g/mol. The number of likely N-dealkylation sites (N-methyl/N-ethyl adjacent to an activating group) is 1. The number of hydrogen-bond acceptors (Lipinski definition) is 5. The summed E-state index contributed by atoms with van der Waals surface area (Å²) in [5.74, 6) is -4.04. The number of nitrogens with zero attached hydrogens (tertiary/aromatic N) is 4. The summed E-state index contributed by atoms with van der Waals surface area (Å²) in [6.45, 7) is 3.18. The van der Waals surface area contributed by atoms with Crippen molar-refractivity contribution in [3.8, 4) is 0 Å². The third kappa shape index (κ3) is 7.18. The average molecular weight is 515 g/mol. The highest BCUT2D eigenvalue weighted by Crippen LogP contribution is 2.33. The summed E-state index contributed by atoms with van der Waals surface area (Å²) in [5.41, 5.74) is 0.539. The maximum Gasteiger partial charge on any atom is 0.406 e. The Balaban J connectivity index is 2.17. The zero-order chi connectivity index (χ0) is 27.4. The van der Waals surface area contributed by atoms with Crippen LogP contribution in [-0.2, 0) is 9.59 Å². The number of rotatable bonds is 9. The smallest absolute Gasteiger partial charge is 0.377 e. The number of alkyl halides is 3. The van der Waals surface area contributed by atoms with Gasteiger partial charge in [0.1, 0.15) is 18.1 Å². The van der Waals surface area contributed by atoms with Gasteiger partial charge in [0.05, 0.1) is 18.2 Å². The molecular formula is C23H30F4N6O3. The third-order valence-electron chi connectivity index (χ3n) is 5.30. The van der Waals surface area contributed by atoms with Crippen molar-refractivity contribution in [2.24, 2.45) is 0 Å². The van der Waals surface area contributed by atoms with Crippen LogP contribution in [0.1, 0.15) is 48.8 Å². The largest absolute Gasteiger partial charge is 0.406 e. The normalized spacial score (nSPS) is 12.3. The summed E-state index contributed by atoms with van der Waals surface area (Å²) >= 11 is 0. The molecule has 0 saturated carbocycles. The molecule has 2 rings (SSSR count). The van der Waals surface area contributed by atoms with Crippen LogP contribution >= 0.6 is 0 Å². The predicted molar refractivity (Wildman–Crippen MR) is 126 cm³/mol. The van der Waals surface area contributed by atoms with Gasteiger partial charge in [0.2, 0.25) is 11.8 Å². The minimum absolute atomic E-state index is 0.0748. The molecule has 1 aromatic carbocycles. The molecule has 0 aliphatic heterocycles. The summed E-state index contributed by atoms with van der Waals surface area (Å²) in [6, 6.07) is 3.72. The molecule has 2 aromatic rings. The van der Waals surface area contributed by atoms with E-state index in [9.17, 15) is 31.9 Å². The molecule has 0 aliphatic carbocycles. The highest BCUT2D eigenvalue weighted by molar-refractivity contribution is 5.99. The van der Waals surface area contributed by atoms with Crippen LogP contribution < -0.4 is 15.5 Å². The second-order valence-corrected chi connectivity index (χ2v) is 8.80. The molecule has 0 aliphatic rings. The molecule has 1 heterocycles. The van der Waals surface area contributed by atoms with E-state index in [2.05, 4.69) is 15.7 Å². The maximum atomic E-state index is 14.9. The fourth-order valence-electron chi connectivity index (χ4n) is 3.57. The lowest BCUT2D eigenvalue weighted by molar-refractivity contribution is -0.159. The summed E-state index contributed by atoms with van der Waals surface area (Å²) < 4.78 is 54.4. The number of halogens is 4. The number of carbonyl (C=O) groups is 3. The Morgan fingerprint density at radius 1 is 1.11 bits per heavy atom. The van der Waals surface area contributed by atoms with Gasteiger partial charge < -0.3 is 20.4 Å². The van der Waals surface area contributed by atoms with E-state index < -0.39 is 48.7 Å². The zero-order valence-electron chi connectivity index (χ0n) is 20.9. The lowest BCUT2D eigenvalue weighted by atomic mass is 9.96. The molecule has 0 fully saturated rings. The molecule has 13 heteroatoms. The van der Waals surface area contributed by atoms with E-state index in [0.29, 0.717) is 10.6 Å². The van der Waals surface area contributed by atoms with Gasteiger partial charge in [-0.25, -0.2) is 4.39 Å². The van der Waals surface area contributed by atoms with E-state index >= 15 is 0 Å². The predicted octanol–water partition coefficient (Wildman–Crippen LogP) is 3.16. The Kier molecular flexibility index (Phi) is 9.05. The van der Waals surface area contributed by atoms with Crippen LogP contribution in [-0.4, -0.2) is 72.8 Å². The first-order valence-electron chi connectivity index (χ1n) is 11.1. The van der Waals surface area contributed by atoms with E-state index in [0.717, 1.165) is 13.1 Å². The molecule has 2 N–H and O–H groups in total. The van der Waals surface area contributed by atoms with E-state index in [1.807, 2.05) is 13.8 Å². The van der Waals surface area contributed by atoms with Crippen molar-refractivity contribution < 1.29 is 31.9 Å². The standard InChI is InChI=1S/C23H30F4N6O3/c1-13(2)33-18(7-8-29-33)21(35)28-11-20(34)30-17-10-19(31(4)5)15(9-16(17)24)14(3)22(36)32(6)12-23(25,26)27/h7-10,13-14H,11-12H2,1-6H3,(H,28,35)(H,30,34). The Morgan fingerprint density at radius 2 is 1.75 bits per heavy atom. The van der Waals surface area contributed by atoms with Crippen LogP contribution in [0.3, 0.4) is 0 Å². The molecular weight excluding hydrogens is 484 g/mol. The molecule has 36 heavy (non-hydrogen) atoms. The van der Waals surface area contributed by atoms with E-state index in [4.69, 9.17) is 0 Å².